The molecule has 2 aromatic rings. The number of carboxylic acids is 2. The number of carboxylic acid groups (broad SMARTS) is 2. The molecule has 9 heteroatoms. The molecule has 2 unspecified atom stereocenters. The number of rotatable bonds is 10. The van der Waals surface area contributed by atoms with E-state index in [1.807, 2.05) is 0 Å². The van der Waals surface area contributed by atoms with E-state index in [2.05, 4.69) is 16.0 Å². The van der Waals surface area contributed by atoms with Crippen LogP contribution in [0, 0.1) is 0 Å². The third-order valence-corrected chi connectivity index (χ3v) is 3.89. The number of anilines is 2. The van der Waals surface area contributed by atoms with Crippen molar-refractivity contribution in [2.24, 2.45) is 0 Å². The molecule has 9 nitrogen and oxygen atoms in total. The Labute approximate surface area is 166 Å². The topological polar surface area (TPSA) is 145 Å². The predicted octanol–water partition coefficient (Wildman–Crippen LogP) is 1.54. The lowest BCUT2D eigenvalue weighted by Gasteiger charge is -2.20. The Bertz CT molecular complexity index is 786. The minimum absolute atomic E-state index is 0.485. The summed E-state index contributed by atoms with van der Waals surface area (Å²) in [7, 11) is 0. The average molecular weight is 399 g/mol. The van der Waals surface area contributed by atoms with Gasteiger partial charge in [0.15, 0.2) is 0 Å². The first-order valence-corrected chi connectivity index (χ1v) is 8.76. The monoisotopic (exact) mass is 399 g/mol. The zero-order valence-electron chi connectivity index (χ0n) is 15.4. The number of hydrogen-bond donors (Lipinski definition) is 5. The molecule has 0 saturated carbocycles. The molecule has 0 aliphatic rings. The summed E-state index contributed by atoms with van der Waals surface area (Å²) in [4.78, 5) is 47.2. The highest BCUT2D eigenvalue weighted by Crippen LogP contribution is 2.09. The normalized spacial score (nSPS) is 12.4. The van der Waals surface area contributed by atoms with Crippen molar-refractivity contribution in [1.29, 1.82) is 0 Å². The zero-order valence-corrected chi connectivity index (χ0v) is 15.4. The molecule has 0 radical (unpaired) electrons. The number of carbonyl (C=O) groups is 4. The van der Waals surface area contributed by atoms with E-state index >= 15 is 0 Å². The number of carbonyl (C=O) groups excluding carboxylic acids is 2. The van der Waals surface area contributed by atoms with E-state index in [0.717, 1.165) is 0 Å². The fourth-order valence-corrected chi connectivity index (χ4v) is 2.52. The van der Waals surface area contributed by atoms with Crippen LogP contribution in [0.5, 0.6) is 0 Å². The van der Waals surface area contributed by atoms with Crippen LogP contribution in [0.1, 0.15) is 12.8 Å². The molecule has 0 aromatic heterocycles. The second-order valence-corrected chi connectivity index (χ2v) is 6.18. The fraction of sp³-hybridized carbons (Fsp3) is 0.200. The summed E-state index contributed by atoms with van der Waals surface area (Å²) in [5.41, 5.74) is 0.970. The van der Waals surface area contributed by atoms with Crippen LogP contribution in [0.15, 0.2) is 60.7 Å². The Kier molecular flexibility index (Phi) is 7.87. The third kappa shape index (κ3) is 7.43. The molecule has 2 rings (SSSR count). The smallest absolute Gasteiger partial charge is 0.321 e. The second kappa shape index (κ2) is 10.6. The van der Waals surface area contributed by atoms with Crippen LogP contribution in [-0.4, -0.2) is 46.0 Å². The van der Waals surface area contributed by atoms with Crippen LogP contribution >= 0.6 is 0 Å². The third-order valence-electron chi connectivity index (χ3n) is 3.89. The lowest BCUT2D eigenvalue weighted by molar-refractivity contribution is -0.144. The molecule has 2 atom stereocenters. The molecule has 152 valence electrons. The van der Waals surface area contributed by atoms with Gasteiger partial charge in [-0.2, -0.15) is 0 Å². The number of hydrogen-bond acceptors (Lipinski definition) is 5. The summed E-state index contributed by atoms with van der Waals surface area (Å²) in [6, 6.07) is 13.9. The van der Waals surface area contributed by atoms with Crippen molar-refractivity contribution in [2.45, 2.75) is 24.9 Å². The Morgan fingerprint density at radius 3 is 1.31 bits per heavy atom. The van der Waals surface area contributed by atoms with Gasteiger partial charge in [0, 0.05) is 11.4 Å². The van der Waals surface area contributed by atoms with Crippen LogP contribution in [0.3, 0.4) is 0 Å². The lowest BCUT2D eigenvalue weighted by atomic mass is 10.1. The standard InChI is InChI=1S/C20H21N3O6/c24-17(21-13-7-3-1-4-8-13)11-15(19(26)27)23-16(20(28)29)12-18(25)22-14-9-5-2-6-10-14/h1-10,15-16,23H,11-12H2,(H,21,24)(H,22,25)(H,26,27)(H,28,29). The van der Waals surface area contributed by atoms with E-state index in [9.17, 15) is 29.4 Å². The number of benzene rings is 2. The maximum atomic E-state index is 12.1. The molecule has 5 N–H and O–H groups in total. The molecule has 0 heterocycles. The van der Waals surface area contributed by atoms with Crippen LogP contribution in [0.2, 0.25) is 0 Å². The minimum Gasteiger partial charge on any atom is -0.480 e. The molecule has 2 amide bonds. The Balaban J connectivity index is 1.97. The van der Waals surface area contributed by atoms with E-state index in [1.165, 1.54) is 0 Å². The van der Waals surface area contributed by atoms with Gasteiger partial charge in [-0.1, -0.05) is 36.4 Å². The minimum atomic E-state index is -1.48. The summed E-state index contributed by atoms with van der Waals surface area (Å²) in [6.45, 7) is 0. The molecule has 0 aliphatic heterocycles. The van der Waals surface area contributed by atoms with Crippen molar-refractivity contribution in [3.63, 3.8) is 0 Å². The molecule has 2 aromatic carbocycles. The number of para-hydroxylation sites is 2. The highest BCUT2D eigenvalue weighted by Gasteiger charge is 2.29. The Hall–Kier alpha value is -3.72. The lowest BCUT2D eigenvalue weighted by Crippen LogP contribution is -2.49. The largest absolute Gasteiger partial charge is 0.480 e. The van der Waals surface area contributed by atoms with Crippen LogP contribution in [0.25, 0.3) is 0 Å². The summed E-state index contributed by atoms with van der Waals surface area (Å²) in [6.07, 6.45) is -1.01. The van der Waals surface area contributed by atoms with Crippen molar-refractivity contribution in [2.75, 3.05) is 10.6 Å². The van der Waals surface area contributed by atoms with E-state index in [-0.39, 0.29) is 0 Å². The van der Waals surface area contributed by atoms with Gasteiger partial charge in [-0.15, -0.1) is 0 Å². The molecule has 0 fully saturated rings. The average Bonchev–Trinajstić information content (AvgIpc) is 2.68. The van der Waals surface area contributed by atoms with Gasteiger partial charge in [0.25, 0.3) is 0 Å². The van der Waals surface area contributed by atoms with E-state index in [1.54, 1.807) is 60.7 Å². The van der Waals surface area contributed by atoms with Crippen molar-refractivity contribution < 1.29 is 29.4 Å². The number of nitrogens with one attached hydrogen (secondary N) is 3. The molecule has 0 aliphatic carbocycles. The van der Waals surface area contributed by atoms with Gasteiger partial charge in [-0.05, 0) is 24.3 Å². The molecule has 0 bridgehead atoms. The zero-order chi connectivity index (χ0) is 21.2. The van der Waals surface area contributed by atoms with Crippen LogP contribution in [-0.2, 0) is 19.2 Å². The summed E-state index contributed by atoms with van der Waals surface area (Å²) in [5, 5.41) is 26.1. The van der Waals surface area contributed by atoms with Gasteiger partial charge < -0.3 is 20.8 Å². The Morgan fingerprint density at radius 1 is 0.655 bits per heavy atom. The fourth-order valence-electron chi connectivity index (χ4n) is 2.52. The summed E-state index contributed by atoms with van der Waals surface area (Å²) < 4.78 is 0. The second-order valence-electron chi connectivity index (χ2n) is 6.18. The SMILES string of the molecule is O=C(CC(NC(CC(=O)Nc1ccccc1)C(=O)O)C(=O)O)Nc1ccccc1. The summed E-state index contributed by atoms with van der Waals surface area (Å²) >= 11 is 0. The number of amides is 2. The predicted molar refractivity (Wildman–Crippen MR) is 105 cm³/mol. The molecular formula is C20H21N3O6. The van der Waals surface area contributed by atoms with Gasteiger partial charge >= 0.3 is 11.9 Å². The molecule has 29 heavy (non-hydrogen) atoms. The molecule has 0 saturated heterocycles. The quantitative estimate of drug-likeness (QED) is 0.407. The van der Waals surface area contributed by atoms with Gasteiger partial charge in [0.2, 0.25) is 11.8 Å². The number of aliphatic carboxylic acids is 2. The van der Waals surface area contributed by atoms with Crippen molar-refractivity contribution in [3.8, 4) is 0 Å². The van der Waals surface area contributed by atoms with Crippen molar-refractivity contribution >= 4 is 35.1 Å². The Morgan fingerprint density at radius 2 is 1.00 bits per heavy atom. The molecular weight excluding hydrogens is 378 g/mol. The van der Waals surface area contributed by atoms with Gasteiger partial charge in [-0.25, -0.2) is 0 Å². The van der Waals surface area contributed by atoms with Crippen molar-refractivity contribution in [3.05, 3.63) is 60.7 Å². The van der Waals surface area contributed by atoms with Gasteiger partial charge in [0.1, 0.15) is 12.1 Å². The van der Waals surface area contributed by atoms with Crippen molar-refractivity contribution in [1.82, 2.24) is 5.32 Å². The van der Waals surface area contributed by atoms with E-state index in [0.29, 0.717) is 11.4 Å². The first-order valence-electron chi connectivity index (χ1n) is 8.76. The highest BCUT2D eigenvalue weighted by molar-refractivity contribution is 5.95. The maximum absolute atomic E-state index is 12.1. The van der Waals surface area contributed by atoms with Gasteiger partial charge in [-0.3, -0.25) is 24.5 Å². The van der Waals surface area contributed by atoms with E-state index < -0.39 is 48.7 Å². The maximum Gasteiger partial charge on any atom is 0.321 e. The first kappa shape index (κ1) is 21.6. The van der Waals surface area contributed by atoms with E-state index in [4.69, 9.17) is 0 Å². The first-order chi connectivity index (χ1) is 13.8. The summed E-state index contributed by atoms with van der Waals surface area (Å²) in [5.74, 6) is -4.01. The highest BCUT2D eigenvalue weighted by atomic mass is 16.4. The van der Waals surface area contributed by atoms with Gasteiger partial charge in [0.05, 0.1) is 12.8 Å². The van der Waals surface area contributed by atoms with Crippen LogP contribution < -0.4 is 16.0 Å². The van der Waals surface area contributed by atoms with Crippen LogP contribution in [0.4, 0.5) is 11.4 Å². The molecule has 0 spiro atoms.